The second-order valence-electron chi connectivity index (χ2n) is 10.7. The molecule has 2 aromatic rings. The molecule has 4 nitrogen and oxygen atoms in total. The van der Waals surface area contributed by atoms with Gasteiger partial charge < -0.3 is 10.6 Å². The Hall–Kier alpha value is -2.62. The number of rotatable bonds is 6. The maximum absolute atomic E-state index is 13.0. The van der Waals surface area contributed by atoms with E-state index in [0.29, 0.717) is 11.3 Å². The van der Waals surface area contributed by atoms with E-state index >= 15 is 0 Å². The third-order valence-corrected chi connectivity index (χ3v) is 7.60. The number of benzene rings is 2. The zero-order chi connectivity index (χ0) is 22.8. The molecular weight excluding hydrogens is 396 g/mol. The summed E-state index contributed by atoms with van der Waals surface area (Å²) in [6.45, 7) is 6.95. The summed E-state index contributed by atoms with van der Waals surface area (Å²) in [6.07, 6.45) is 5.12. The molecule has 1 unspecified atom stereocenters. The minimum Gasteiger partial charge on any atom is -0.352 e. The molecule has 0 radical (unpaired) electrons. The van der Waals surface area contributed by atoms with Crippen molar-refractivity contribution in [3.05, 3.63) is 71.8 Å². The van der Waals surface area contributed by atoms with Gasteiger partial charge in [-0.15, -0.1) is 0 Å². The highest BCUT2D eigenvalue weighted by Gasteiger charge is 2.60. The standard InChI is InChI=1S/C28H36N2O2/c1-27(2,3)20-14-16-23(17-15-20)30-25(31)19-29-26(32)24-18-28(24,21-10-6-4-7-11-21)22-12-8-5-9-13-22/h4-13,20,23-24H,14-19H2,1-3H3,(H,29,32)(H,30,31). The normalized spacial score (nSPS) is 24.4. The van der Waals surface area contributed by atoms with Crippen molar-refractivity contribution in [3.8, 4) is 0 Å². The van der Waals surface area contributed by atoms with Crippen molar-refractivity contribution in [1.82, 2.24) is 10.6 Å². The molecule has 0 heterocycles. The SMILES string of the molecule is CC(C)(C)C1CCC(NC(=O)CNC(=O)C2CC2(c2ccccc2)c2ccccc2)CC1. The Bertz CT molecular complexity index is 885. The summed E-state index contributed by atoms with van der Waals surface area (Å²) in [5, 5.41) is 6.05. The number of amides is 2. The number of carbonyl (C=O) groups is 2. The van der Waals surface area contributed by atoms with Crippen LogP contribution in [0.15, 0.2) is 60.7 Å². The van der Waals surface area contributed by atoms with Gasteiger partial charge in [0.15, 0.2) is 0 Å². The van der Waals surface area contributed by atoms with Crippen LogP contribution in [0, 0.1) is 17.3 Å². The first-order valence-electron chi connectivity index (χ1n) is 12.0. The molecule has 0 saturated heterocycles. The lowest BCUT2D eigenvalue weighted by Crippen LogP contribution is -2.44. The molecule has 0 aliphatic heterocycles. The fraction of sp³-hybridized carbons (Fsp3) is 0.500. The summed E-state index contributed by atoms with van der Waals surface area (Å²) in [5.74, 6) is 0.448. The molecule has 4 rings (SSSR count). The number of hydrogen-bond donors (Lipinski definition) is 2. The second-order valence-corrected chi connectivity index (χ2v) is 10.7. The fourth-order valence-corrected chi connectivity index (χ4v) is 5.53. The highest BCUT2D eigenvalue weighted by molar-refractivity contribution is 5.89. The lowest BCUT2D eigenvalue weighted by atomic mass is 9.71. The number of nitrogens with one attached hydrogen (secondary N) is 2. The van der Waals surface area contributed by atoms with E-state index in [2.05, 4.69) is 55.7 Å². The van der Waals surface area contributed by atoms with Gasteiger partial charge in [0.05, 0.1) is 12.5 Å². The van der Waals surface area contributed by atoms with Crippen LogP contribution in [0.5, 0.6) is 0 Å². The summed E-state index contributed by atoms with van der Waals surface area (Å²) in [5.41, 5.74) is 2.35. The third kappa shape index (κ3) is 4.74. The van der Waals surface area contributed by atoms with Gasteiger partial charge in [-0.1, -0.05) is 81.4 Å². The van der Waals surface area contributed by atoms with Crippen LogP contribution in [-0.4, -0.2) is 24.4 Å². The van der Waals surface area contributed by atoms with Gasteiger partial charge in [0.1, 0.15) is 0 Å². The Morgan fingerprint density at radius 3 is 1.91 bits per heavy atom. The molecule has 2 aromatic carbocycles. The molecule has 0 bridgehead atoms. The van der Waals surface area contributed by atoms with Crippen molar-refractivity contribution in [1.29, 1.82) is 0 Å². The van der Waals surface area contributed by atoms with E-state index in [4.69, 9.17) is 0 Å². The molecule has 2 aliphatic rings. The average Bonchev–Trinajstić information content (AvgIpc) is 3.56. The molecule has 2 fully saturated rings. The van der Waals surface area contributed by atoms with Gasteiger partial charge in [-0.25, -0.2) is 0 Å². The van der Waals surface area contributed by atoms with Crippen LogP contribution in [0.1, 0.15) is 64.0 Å². The molecule has 0 aromatic heterocycles. The maximum atomic E-state index is 13.0. The van der Waals surface area contributed by atoms with Gasteiger partial charge in [-0.05, 0) is 54.6 Å². The van der Waals surface area contributed by atoms with Crippen molar-refractivity contribution in [2.24, 2.45) is 17.3 Å². The Balaban J connectivity index is 1.32. The molecule has 0 spiro atoms. The van der Waals surface area contributed by atoms with Crippen LogP contribution in [-0.2, 0) is 15.0 Å². The smallest absolute Gasteiger partial charge is 0.239 e. The van der Waals surface area contributed by atoms with Crippen molar-refractivity contribution in [3.63, 3.8) is 0 Å². The topological polar surface area (TPSA) is 58.2 Å². The Kier molecular flexibility index (Phi) is 6.41. The van der Waals surface area contributed by atoms with Gasteiger partial charge >= 0.3 is 0 Å². The summed E-state index contributed by atoms with van der Waals surface area (Å²) in [7, 11) is 0. The van der Waals surface area contributed by atoms with E-state index in [1.165, 1.54) is 0 Å². The Morgan fingerprint density at radius 2 is 1.41 bits per heavy atom. The zero-order valence-electron chi connectivity index (χ0n) is 19.6. The fourth-order valence-electron chi connectivity index (χ4n) is 5.53. The van der Waals surface area contributed by atoms with Crippen molar-refractivity contribution in [2.45, 2.75) is 64.3 Å². The first-order chi connectivity index (χ1) is 15.3. The molecule has 32 heavy (non-hydrogen) atoms. The summed E-state index contributed by atoms with van der Waals surface area (Å²) in [6, 6.07) is 20.7. The number of carbonyl (C=O) groups excluding carboxylic acids is 2. The van der Waals surface area contributed by atoms with E-state index in [1.54, 1.807) is 0 Å². The predicted octanol–water partition coefficient (Wildman–Crippen LogP) is 4.83. The maximum Gasteiger partial charge on any atom is 0.239 e. The molecule has 1 atom stereocenters. The summed E-state index contributed by atoms with van der Waals surface area (Å²) >= 11 is 0. The molecule has 2 saturated carbocycles. The van der Waals surface area contributed by atoms with Gasteiger partial charge in [0, 0.05) is 11.5 Å². The van der Waals surface area contributed by atoms with Crippen LogP contribution in [0.2, 0.25) is 0 Å². The highest BCUT2D eigenvalue weighted by Crippen LogP contribution is 2.58. The molecule has 170 valence electrons. The van der Waals surface area contributed by atoms with Gasteiger partial charge in [-0.2, -0.15) is 0 Å². The van der Waals surface area contributed by atoms with Crippen molar-refractivity contribution < 1.29 is 9.59 Å². The van der Waals surface area contributed by atoms with Crippen LogP contribution >= 0.6 is 0 Å². The quantitative estimate of drug-likeness (QED) is 0.687. The minimum absolute atomic E-state index is 0.0377. The van der Waals surface area contributed by atoms with Gasteiger partial charge in [0.25, 0.3) is 0 Å². The van der Waals surface area contributed by atoms with E-state index in [-0.39, 0.29) is 35.7 Å². The summed E-state index contributed by atoms with van der Waals surface area (Å²) < 4.78 is 0. The van der Waals surface area contributed by atoms with Crippen LogP contribution in [0.25, 0.3) is 0 Å². The predicted molar refractivity (Wildman–Crippen MR) is 128 cm³/mol. The van der Waals surface area contributed by atoms with E-state index in [9.17, 15) is 9.59 Å². The zero-order valence-corrected chi connectivity index (χ0v) is 19.6. The van der Waals surface area contributed by atoms with E-state index < -0.39 is 0 Å². The largest absolute Gasteiger partial charge is 0.352 e. The highest BCUT2D eigenvalue weighted by atomic mass is 16.2. The van der Waals surface area contributed by atoms with Crippen LogP contribution in [0.3, 0.4) is 0 Å². The third-order valence-electron chi connectivity index (χ3n) is 7.60. The van der Waals surface area contributed by atoms with Crippen molar-refractivity contribution in [2.75, 3.05) is 6.54 Å². The lowest BCUT2D eigenvalue weighted by Gasteiger charge is -2.37. The van der Waals surface area contributed by atoms with Gasteiger partial charge in [-0.3, -0.25) is 9.59 Å². The first kappa shape index (κ1) is 22.6. The average molecular weight is 433 g/mol. The Morgan fingerprint density at radius 1 is 0.875 bits per heavy atom. The van der Waals surface area contributed by atoms with E-state index in [1.807, 2.05) is 36.4 Å². The lowest BCUT2D eigenvalue weighted by molar-refractivity contribution is -0.127. The molecular formula is C28H36N2O2. The van der Waals surface area contributed by atoms with Crippen LogP contribution in [0.4, 0.5) is 0 Å². The number of hydrogen-bond acceptors (Lipinski definition) is 2. The second kappa shape index (κ2) is 9.09. The first-order valence-corrected chi connectivity index (χ1v) is 12.0. The molecule has 2 aliphatic carbocycles. The van der Waals surface area contributed by atoms with Gasteiger partial charge in [0.2, 0.25) is 11.8 Å². The van der Waals surface area contributed by atoms with Crippen molar-refractivity contribution >= 4 is 11.8 Å². The Labute approximate surface area is 192 Å². The molecule has 2 amide bonds. The minimum atomic E-state index is -0.297. The summed E-state index contributed by atoms with van der Waals surface area (Å²) in [4.78, 5) is 25.5. The monoisotopic (exact) mass is 432 g/mol. The molecule has 2 N–H and O–H groups in total. The molecule has 4 heteroatoms. The van der Waals surface area contributed by atoms with Crippen LogP contribution < -0.4 is 10.6 Å². The van der Waals surface area contributed by atoms with E-state index in [0.717, 1.165) is 43.2 Å².